The van der Waals surface area contributed by atoms with Crippen LogP contribution in [0.15, 0.2) is 167 Å². The number of benzene rings is 7. The molecule has 0 spiro atoms. The summed E-state index contributed by atoms with van der Waals surface area (Å²) in [6.07, 6.45) is 1.71. The van der Waals surface area contributed by atoms with Crippen LogP contribution in [-0.2, 0) is 0 Å². The van der Waals surface area contributed by atoms with Gasteiger partial charge < -0.3 is 8.83 Å². The molecule has 0 aliphatic heterocycles. The molecule has 0 radical (unpaired) electrons. The normalized spacial score (nSPS) is 11.6. The van der Waals surface area contributed by atoms with E-state index in [0.29, 0.717) is 5.76 Å². The van der Waals surface area contributed by atoms with Crippen molar-refractivity contribution in [2.45, 2.75) is 0 Å². The van der Waals surface area contributed by atoms with Crippen molar-refractivity contribution in [2.24, 2.45) is 0 Å². The standard InChI is InChI=1S/C42H26O2/c1-2-11-28(12-3-1)33-22-23-37-41(39(33)34-19-8-16-27-13-6-7-18-32(27)34)40(42(44-37)38-21-10-24-43-38)35-20-9-17-31-25-29-14-4-5-15-30(29)26-36(31)35/h1-26H. The highest BCUT2D eigenvalue weighted by Crippen LogP contribution is 2.50. The summed E-state index contributed by atoms with van der Waals surface area (Å²) < 4.78 is 12.8. The summed E-state index contributed by atoms with van der Waals surface area (Å²) in [7, 11) is 0. The largest absolute Gasteiger partial charge is 0.461 e. The molecule has 44 heavy (non-hydrogen) atoms. The zero-order chi connectivity index (χ0) is 29.0. The van der Waals surface area contributed by atoms with Crippen LogP contribution in [-0.4, -0.2) is 0 Å². The molecular weight excluding hydrogens is 536 g/mol. The van der Waals surface area contributed by atoms with Crippen molar-refractivity contribution < 1.29 is 8.83 Å². The van der Waals surface area contributed by atoms with Gasteiger partial charge in [-0.15, -0.1) is 0 Å². The van der Waals surface area contributed by atoms with Gasteiger partial charge in [0.25, 0.3) is 0 Å². The Bertz CT molecular complexity index is 2480. The maximum atomic E-state index is 6.81. The van der Waals surface area contributed by atoms with Crippen molar-refractivity contribution >= 4 is 43.3 Å². The summed E-state index contributed by atoms with van der Waals surface area (Å²) in [6.45, 7) is 0. The zero-order valence-electron chi connectivity index (χ0n) is 23.8. The van der Waals surface area contributed by atoms with E-state index in [1.165, 1.54) is 37.9 Å². The van der Waals surface area contributed by atoms with Gasteiger partial charge in [0.1, 0.15) is 5.58 Å². The Morgan fingerprint density at radius 3 is 1.89 bits per heavy atom. The fourth-order valence-corrected chi connectivity index (χ4v) is 6.80. The molecule has 9 aromatic rings. The van der Waals surface area contributed by atoms with E-state index in [1.54, 1.807) is 6.26 Å². The Morgan fingerprint density at radius 2 is 1.09 bits per heavy atom. The second-order valence-electron chi connectivity index (χ2n) is 11.3. The fourth-order valence-electron chi connectivity index (χ4n) is 6.80. The number of hydrogen-bond donors (Lipinski definition) is 0. The molecule has 2 aromatic heterocycles. The molecule has 0 aliphatic carbocycles. The summed E-state index contributed by atoms with van der Waals surface area (Å²) in [6, 6.07) is 53.8. The summed E-state index contributed by atoms with van der Waals surface area (Å²) >= 11 is 0. The van der Waals surface area contributed by atoms with Crippen molar-refractivity contribution in [3.8, 4) is 44.9 Å². The topological polar surface area (TPSA) is 26.3 Å². The van der Waals surface area contributed by atoms with Gasteiger partial charge >= 0.3 is 0 Å². The van der Waals surface area contributed by atoms with Crippen LogP contribution in [0.2, 0.25) is 0 Å². The molecule has 0 bridgehead atoms. The lowest BCUT2D eigenvalue weighted by Crippen LogP contribution is -1.91. The average molecular weight is 563 g/mol. The minimum atomic E-state index is 0.708. The Labute approximate surface area is 254 Å². The molecule has 2 nitrogen and oxygen atoms in total. The van der Waals surface area contributed by atoms with Crippen molar-refractivity contribution in [1.82, 2.24) is 0 Å². The lowest BCUT2D eigenvalue weighted by molar-refractivity contribution is 0.543. The van der Waals surface area contributed by atoms with Crippen LogP contribution in [0.3, 0.4) is 0 Å². The van der Waals surface area contributed by atoms with Crippen LogP contribution < -0.4 is 0 Å². The first-order chi connectivity index (χ1) is 21.8. The summed E-state index contributed by atoms with van der Waals surface area (Å²) in [5.41, 5.74) is 7.63. The lowest BCUT2D eigenvalue weighted by atomic mass is 9.85. The molecule has 0 amide bonds. The molecule has 0 saturated heterocycles. The monoisotopic (exact) mass is 562 g/mol. The molecule has 0 aliphatic rings. The third kappa shape index (κ3) is 3.82. The van der Waals surface area contributed by atoms with E-state index in [2.05, 4.69) is 140 Å². The van der Waals surface area contributed by atoms with Gasteiger partial charge in [-0.25, -0.2) is 0 Å². The summed E-state index contributed by atoms with van der Waals surface area (Å²) in [4.78, 5) is 0. The smallest absolute Gasteiger partial charge is 0.178 e. The van der Waals surface area contributed by atoms with Crippen LogP contribution in [0.25, 0.3) is 88.2 Å². The van der Waals surface area contributed by atoms with E-state index >= 15 is 0 Å². The van der Waals surface area contributed by atoms with Gasteiger partial charge in [0.15, 0.2) is 11.5 Å². The van der Waals surface area contributed by atoms with Gasteiger partial charge in [0.2, 0.25) is 0 Å². The fraction of sp³-hybridized carbons (Fsp3) is 0. The van der Waals surface area contributed by atoms with Crippen molar-refractivity contribution in [2.75, 3.05) is 0 Å². The van der Waals surface area contributed by atoms with E-state index in [9.17, 15) is 0 Å². The maximum absolute atomic E-state index is 6.81. The van der Waals surface area contributed by atoms with Crippen molar-refractivity contribution in [3.63, 3.8) is 0 Å². The number of furan rings is 2. The second kappa shape index (κ2) is 9.86. The average Bonchev–Trinajstić information content (AvgIpc) is 3.75. The lowest BCUT2D eigenvalue weighted by Gasteiger charge is -2.16. The molecule has 0 saturated carbocycles. The molecule has 206 valence electrons. The molecule has 0 unspecified atom stereocenters. The predicted molar refractivity (Wildman–Crippen MR) is 183 cm³/mol. The Morgan fingerprint density at radius 1 is 0.409 bits per heavy atom. The molecule has 0 fully saturated rings. The summed E-state index contributed by atoms with van der Waals surface area (Å²) in [5, 5.41) is 8.28. The molecule has 7 aromatic carbocycles. The van der Waals surface area contributed by atoms with Crippen LogP contribution >= 0.6 is 0 Å². The van der Waals surface area contributed by atoms with Gasteiger partial charge in [-0.05, 0) is 84.9 Å². The van der Waals surface area contributed by atoms with E-state index in [0.717, 1.165) is 44.5 Å². The molecule has 2 heteroatoms. The Kier molecular flexibility index (Phi) is 5.54. The first kappa shape index (κ1) is 24.7. The maximum Gasteiger partial charge on any atom is 0.178 e. The highest BCUT2D eigenvalue weighted by Gasteiger charge is 2.26. The molecule has 2 heterocycles. The number of fused-ring (bicyclic) bond motifs is 4. The van der Waals surface area contributed by atoms with Gasteiger partial charge in [-0.1, -0.05) is 121 Å². The first-order valence-electron chi connectivity index (χ1n) is 14.9. The highest BCUT2D eigenvalue weighted by atomic mass is 16.4. The number of hydrogen-bond acceptors (Lipinski definition) is 2. The third-order valence-electron chi connectivity index (χ3n) is 8.76. The van der Waals surface area contributed by atoms with Crippen LogP contribution in [0.1, 0.15) is 0 Å². The second-order valence-corrected chi connectivity index (χ2v) is 11.3. The van der Waals surface area contributed by atoms with Gasteiger partial charge in [-0.2, -0.15) is 0 Å². The van der Waals surface area contributed by atoms with E-state index < -0.39 is 0 Å². The molecule has 0 N–H and O–H groups in total. The quantitative estimate of drug-likeness (QED) is 0.199. The van der Waals surface area contributed by atoms with E-state index in [4.69, 9.17) is 8.83 Å². The first-order valence-corrected chi connectivity index (χ1v) is 14.9. The molecular formula is C42H26O2. The van der Waals surface area contributed by atoms with Crippen molar-refractivity contribution in [3.05, 3.63) is 158 Å². The summed E-state index contributed by atoms with van der Waals surface area (Å²) in [5.74, 6) is 1.44. The molecule has 9 rings (SSSR count). The zero-order valence-corrected chi connectivity index (χ0v) is 23.8. The van der Waals surface area contributed by atoms with E-state index in [-0.39, 0.29) is 0 Å². The van der Waals surface area contributed by atoms with Gasteiger partial charge in [0, 0.05) is 16.5 Å². The Hall–Kier alpha value is -5.86. The number of rotatable bonds is 4. The van der Waals surface area contributed by atoms with Crippen LogP contribution in [0, 0.1) is 0 Å². The van der Waals surface area contributed by atoms with Gasteiger partial charge in [-0.3, -0.25) is 0 Å². The molecule has 0 atom stereocenters. The van der Waals surface area contributed by atoms with Gasteiger partial charge in [0.05, 0.1) is 6.26 Å². The third-order valence-corrected chi connectivity index (χ3v) is 8.76. The minimum absolute atomic E-state index is 0.708. The van der Waals surface area contributed by atoms with Crippen LogP contribution in [0.4, 0.5) is 0 Å². The van der Waals surface area contributed by atoms with E-state index in [1.807, 2.05) is 12.1 Å². The highest BCUT2D eigenvalue weighted by molar-refractivity contribution is 6.19. The predicted octanol–water partition coefficient (Wildman–Crippen LogP) is 12.2. The SMILES string of the molecule is c1ccc(-c2ccc3oc(-c4ccco4)c(-c4cccc5cc6ccccc6cc45)c3c2-c2cccc3ccccc23)cc1. The van der Waals surface area contributed by atoms with Crippen molar-refractivity contribution in [1.29, 1.82) is 0 Å². The van der Waals surface area contributed by atoms with Crippen LogP contribution in [0.5, 0.6) is 0 Å². The minimum Gasteiger partial charge on any atom is -0.461 e. The Balaban J connectivity index is 1.49.